The van der Waals surface area contributed by atoms with Gasteiger partial charge in [0.15, 0.2) is 0 Å². The Morgan fingerprint density at radius 3 is 1.71 bits per heavy atom. The molecule has 2 atom stereocenters. The molecule has 0 spiro atoms. The van der Waals surface area contributed by atoms with Crippen LogP contribution >= 0.6 is 0 Å². The van der Waals surface area contributed by atoms with Gasteiger partial charge < -0.3 is 4.74 Å². The predicted molar refractivity (Wildman–Crippen MR) is 31.8 cm³/mol. The van der Waals surface area contributed by atoms with Gasteiger partial charge in [-0.2, -0.15) is 35.1 Å². The second kappa shape index (κ2) is 3.51. The summed E-state index contributed by atoms with van der Waals surface area (Å²) in [6.07, 6.45) is -11.9. The van der Waals surface area contributed by atoms with Crippen molar-refractivity contribution in [3.05, 3.63) is 0 Å². The molecule has 0 N–H and O–H groups in total. The number of hydrogen-bond acceptors (Lipinski definition) is 3. The van der Waals surface area contributed by atoms with Crippen LogP contribution in [-0.4, -0.2) is 36.6 Å². The van der Waals surface area contributed by atoms with Gasteiger partial charge in [-0.3, -0.25) is 9.53 Å². The van der Waals surface area contributed by atoms with Crippen LogP contribution in [0.15, 0.2) is 0 Å². The van der Waals surface area contributed by atoms with Gasteiger partial charge in [0.05, 0.1) is 0 Å². The van der Waals surface area contributed by atoms with Crippen LogP contribution in [0.2, 0.25) is 0 Å². The Labute approximate surface area is 87.3 Å². The fourth-order valence-electron chi connectivity index (χ4n) is 0.969. The highest BCUT2D eigenvalue weighted by molar-refractivity contribution is 5.78. The maximum Gasteiger partial charge on any atom is 0.454 e. The molecule has 0 amide bonds. The summed E-state index contributed by atoms with van der Waals surface area (Å²) in [5, 5.41) is 0. The van der Waals surface area contributed by atoms with E-state index in [-0.39, 0.29) is 0 Å². The summed E-state index contributed by atoms with van der Waals surface area (Å²) >= 11 is 0. The largest absolute Gasteiger partial charge is 0.454 e. The van der Waals surface area contributed by atoms with Crippen LogP contribution in [0.4, 0.5) is 35.1 Å². The summed E-state index contributed by atoms with van der Waals surface area (Å²) in [7, 11) is 0. The van der Waals surface area contributed by atoms with E-state index in [4.69, 9.17) is 0 Å². The number of rotatable bonds is 1. The lowest BCUT2D eigenvalue weighted by Gasteiger charge is -2.27. The van der Waals surface area contributed by atoms with Crippen molar-refractivity contribution in [3.8, 4) is 0 Å². The zero-order valence-corrected chi connectivity index (χ0v) is 7.46. The second-order valence-corrected chi connectivity index (χ2v) is 3.00. The van der Waals surface area contributed by atoms with E-state index >= 15 is 0 Å². The number of alkyl halides is 7. The third-order valence-corrected chi connectivity index (χ3v) is 1.82. The summed E-state index contributed by atoms with van der Waals surface area (Å²) in [6.45, 7) is -2.30. The van der Waals surface area contributed by atoms with Crippen molar-refractivity contribution in [3.63, 3.8) is 0 Å². The summed E-state index contributed by atoms with van der Waals surface area (Å²) in [4.78, 5) is 10.1. The van der Waals surface area contributed by atoms with Crippen LogP contribution < -0.4 is 0 Å². The minimum absolute atomic E-state index is 2.30. The molecule has 1 heterocycles. The Hall–Kier alpha value is -0.970. The summed E-state index contributed by atoms with van der Waals surface area (Å²) in [5.41, 5.74) is 0. The topological polar surface area (TPSA) is 35.5 Å². The molecule has 1 rings (SSSR count). The van der Waals surface area contributed by atoms with E-state index in [2.05, 4.69) is 9.47 Å². The van der Waals surface area contributed by atoms with E-state index in [0.717, 1.165) is 0 Å². The standard InChI is InChI=1S/C6H2F8O3/c7-2(15)4(6(12,13)14)16-1-3(8,17-4)5(9,10)11/h1H2. The van der Waals surface area contributed by atoms with Gasteiger partial charge >= 0.3 is 30.0 Å². The summed E-state index contributed by atoms with van der Waals surface area (Å²) in [6, 6.07) is -3.42. The van der Waals surface area contributed by atoms with Gasteiger partial charge in [0.1, 0.15) is 6.61 Å². The minimum atomic E-state index is -5.99. The fraction of sp³-hybridized carbons (Fsp3) is 0.833. The molecule has 1 aliphatic heterocycles. The van der Waals surface area contributed by atoms with E-state index in [9.17, 15) is 39.9 Å². The molecule has 0 radical (unpaired) electrons. The molecular formula is C6H2F8O3. The highest BCUT2D eigenvalue weighted by Gasteiger charge is 2.77. The Bertz CT molecular complexity index is 335. The highest BCUT2D eigenvalue weighted by Crippen LogP contribution is 2.50. The molecule has 17 heavy (non-hydrogen) atoms. The zero-order chi connectivity index (χ0) is 13.7. The van der Waals surface area contributed by atoms with Crippen molar-refractivity contribution in [2.24, 2.45) is 0 Å². The van der Waals surface area contributed by atoms with E-state index in [1.165, 1.54) is 0 Å². The normalized spacial score (nSPS) is 35.1. The van der Waals surface area contributed by atoms with Crippen molar-refractivity contribution in [2.45, 2.75) is 24.0 Å². The average molecular weight is 274 g/mol. The lowest BCUT2D eigenvalue weighted by molar-refractivity contribution is -0.382. The van der Waals surface area contributed by atoms with Crippen LogP contribution in [0.5, 0.6) is 0 Å². The van der Waals surface area contributed by atoms with E-state index in [0.29, 0.717) is 0 Å². The van der Waals surface area contributed by atoms with Gasteiger partial charge in [0.25, 0.3) is 0 Å². The first-order valence-electron chi connectivity index (χ1n) is 3.72. The molecule has 2 unspecified atom stereocenters. The van der Waals surface area contributed by atoms with Crippen LogP contribution in [-0.2, 0) is 14.3 Å². The van der Waals surface area contributed by atoms with Crippen molar-refractivity contribution in [1.82, 2.24) is 0 Å². The first kappa shape index (κ1) is 14.1. The van der Waals surface area contributed by atoms with Crippen molar-refractivity contribution >= 4 is 6.04 Å². The fourth-order valence-corrected chi connectivity index (χ4v) is 0.969. The Morgan fingerprint density at radius 2 is 1.53 bits per heavy atom. The molecule has 1 saturated heterocycles. The summed E-state index contributed by atoms with van der Waals surface area (Å²) < 4.78 is 104. The highest BCUT2D eigenvalue weighted by atomic mass is 19.4. The lowest BCUT2D eigenvalue weighted by atomic mass is 10.3. The van der Waals surface area contributed by atoms with Crippen LogP contribution in [0, 0.1) is 0 Å². The molecule has 0 saturated carbocycles. The van der Waals surface area contributed by atoms with Crippen molar-refractivity contribution in [1.29, 1.82) is 0 Å². The maximum absolute atomic E-state index is 12.9. The smallest absolute Gasteiger partial charge is 0.328 e. The maximum atomic E-state index is 12.9. The van der Waals surface area contributed by atoms with Crippen LogP contribution in [0.25, 0.3) is 0 Å². The Kier molecular flexibility index (Phi) is 2.91. The quantitative estimate of drug-likeness (QED) is 0.542. The van der Waals surface area contributed by atoms with E-state index < -0.39 is 36.6 Å². The first-order chi connectivity index (χ1) is 7.36. The second-order valence-electron chi connectivity index (χ2n) is 3.00. The molecule has 0 aromatic heterocycles. The number of hydrogen-bond donors (Lipinski definition) is 0. The average Bonchev–Trinajstić information content (AvgIpc) is 2.43. The molecule has 11 heteroatoms. The van der Waals surface area contributed by atoms with Gasteiger partial charge in [-0.05, 0) is 0 Å². The Balaban J connectivity index is 3.15. The SMILES string of the molecule is O=C(F)C1(C(F)(F)F)OCC(F)(C(F)(F)F)O1. The van der Waals surface area contributed by atoms with Gasteiger partial charge in [-0.15, -0.1) is 0 Å². The third kappa shape index (κ3) is 1.97. The molecule has 0 aromatic carbocycles. The zero-order valence-electron chi connectivity index (χ0n) is 7.46. The van der Waals surface area contributed by atoms with Crippen LogP contribution in [0.1, 0.15) is 0 Å². The number of carbonyl (C=O) groups excluding carboxylic acids is 1. The third-order valence-electron chi connectivity index (χ3n) is 1.82. The molecule has 1 aliphatic rings. The van der Waals surface area contributed by atoms with Crippen molar-refractivity contribution in [2.75, 3.05) is 6.61 Å². The van der Waals surface area contributed by atoms with Gasteiger partial charge in [0.2, 0.25) is 0 Å². The molecular weight excluding hydrogens is 272 g/mol. The monoisotopic (exact) mass is 274 g/mol. The van der Waals surface area contributed by atoms with E-state index in [1.54, 1.807) is 0 Å². The lowest BCUT2D eigenvalue weighted by Crippen LogP contribution is -2.54. The molecule has 100 valence electrons. The first-order valence-corrected chi connectivity index (χ1v) is 3.72. The number of halogens is 8. The van der Waals surface area contributed by atoms with Gasteiger partial charge in [-0.1, -0.05) is 0 Å². The number of carbonyl (C=O) groups is 1. The molecule has 0 aromatic rings. The number of ether oxygens (including phenoxy) is 2. The molecule has 0 aliphatic carbocycles. The Morgan fingerprint density at radius 1 is 1.06 bits per heavy atom. The van der Waals surface area contributed by atoms with Crippen LogP contribution in [0.3, 0.4) is 0 Å². The minimum Gasteiger partial charge on any atom is -0.328 e. The molecule has 3 nitrogen and oxygen atoms in total. The predicted octanol–water partition coefficient (Wildman–Crippen LogP) is 2.02. The van der Waals surface area contributed by atoms with Gasteiger partial charge in [0, 0.05) is 0 Å². The molecule has 1 fully saturated rings. The van der Waals surface area contributed by atoms with Gasteiger partial charge in [-0.25, -0.2) is 0 Å². The van der Waals surface area contributed by atoms with Crippen molar-refractivity contribution < 1.29 is 49.4 Å². The van der Waals surface area contributed by atoms with E-state index in [1.807, 2.05) is 0 Å². The summed E-state index contributed by atoms with van der Waals surface area (Å²) in [5.74, 6) is -9.78. The molecule has 0 bridgehead atoms.